The molecule has 0 bridgehead atoms. The van der Waals surface area contributed by atoms with Gasteiger partial charge in [-0.3, -0.25) is 4.68 Å². The SMILES string of the molecule is Fc1ccc(OCCC(Cn2cncn2)c2ccc(Cl)cc2Cl)cc1. The van der Waals surface area contributed by atoms with Gasteiger partial charge in [-0.2, -0.15) is 5.10 Å². The monoisotopic (exact) mass is 379 g/mol. The van der Waals surface area contributed by atoms with Crippen LogP contribution in [0.3, 0.4) is 0 Å². The average molecular weight is 380 g/mol. The van der Waals surface area contributed by atoms with Crippen molar-refractivity contribution in [3.05, 3.63) is 76.5 Å². The van der Waals surface area contributed by atoms with E-state index in [4.69, 9.17) is 27.9 Å². The quantitative estimate of drug-likeness (QED) is 0.581. The zero-order chi connectivity index (χ0) is 17.6. The van der Waals surface area contributed by atoms with E-state index in [1.165, 1.54) is 18.5 Å². The van der Waals surface area contributed by atoms with E-state index in [1.54, 1.807) is 29.2 Å². The minimum Gasteiger partial charge on any atom is -0.494 e. The fraction of sp³-hybridized carbons (Fsp3) is 0.222. The lowest BCUT2D eigenvalue weighted by atomic mass is 9.96. The molecule has 0 saturated heterocycles. The van der Waals surface area contributed by atoms with E-state index in [-0.39, 0.29) is 11.7 Å². The molecule has 0 aliphatic heterocycles. The van der Waals surface area contributed by atoms with Crippen molar-refractivity contribution < 1.29 is 9.13 Å². The zero-order valence-corrected chi connectivity index (χ0v) is 14.8. The second-order valence-corrected chi connectivity index (χ2v) is 6.41. The zero-order valence-electron chi connectivity index (χ0n) is 13.3. The summed E-state index contributed by atoms with van der Waals surface area (Å²) in [4.78, 5) is 3.97. The highest BCUT2D eigenvalue weighted by atomic mass is 35.5. The molecule has 130 valence electrons. The van der Waals surface area contributed by atoms with E-state index >= 15 is 0 Å². The van der Waals surface area contributed by atoms with Crippen molar-refractivity contribution in [2.75, 3.05) is 6.61 Å². The second-order valence-electron chi connectivity index (χ2n) is 5.57. The Labute approximate surface area is 155 Å². The van der Waals surface area contributed by atoms with Crippen molar-refractivity contribution in [3.63, 3.8) is 0 Å². The molecule has 1 heterocycles. The van der Waals surface area contributed by atoms with Crippen molar-refractivity contribution in [1.29, 1.82) is 0 Å². The Morgan fingerprint density at radius 3 is 2.60 bits per heavy atom. The molecule has 0 N–H and O–H groups in total. The third kappa shape index (κ3) is 4.94. The van der Waals surface area contributed by atoms with Gasteiger partial charge in [-0.15, -0.1) is 0 Å². The van der Waals surface area contributed by atoms with Crippen LogP contribution in [0.2, 0.25) is 10.0 Å². The van der Waals surface area contributed by atoms with Crippen molar-refractivity contribution in [2.45, 2.75) is 18.9 Å². The topological polar surface area (TPSA) is 39.9 Å². The van der Waals surface area contributed by atoms with Crippen LogP contribution in [0.1, 0.15) is 17.9 Å². The summed E-state index contributed by atoms with van der Waals surface area (Å²) in [5.74, 6) is 0.416. The molecular formula is C18H16Cl2FN3O. The molecule has 0 saturated carbocycles. The van der Waals surface area contributed by atoms with Crippen LogP contribution >= 0.6 is 23.2 Å². The van der Waals surface area contributed by atoms with E-state index in [1.807, 2.05) is 12.1 Å². The van der Waals surface area contributed by atoms with Gasteiger partial charge in [-0.05, 0) is 48.4 Å². The first-order valence-corrected chi connectivity index (χ1v) is 8.53. The van der Waals surface area contributed by atoms with Crippen LogP contribution in [0.25, 0.3) is 0 Å². The standard InChI is InChI=1S/C18H16Cl2FN3O/c19-14-1-6-17(18(20)9-14)13(10-24-12-22-11-23-24)7-8-25-16-4-2-15(21)3-5-16/h1-6,9,11-13H,7-8,10H2. The highest BCUT2D eigenvalue weighted by Crippen LogP contribution is 2.31. The van der Waals surface area contributed by atoms with Crippen LogP contribution in [0.4, 0.5) is 4.39 Å². The Bertz CT molecular complexity index is 810. The molecule has 7 heteroatoms. The van der Waals surface area contributed by atoms with Crippen molar-refractivity contribution >= 4 is 23.2 Å². The van der Waals surface area contributed by atoms with E-state index in [0.717, 1.165) is 5.56 Å². The lowest BCUT2D eigenvalue weighted by Crippen LogP contribution is -2.14. The number of rotatable bonds is 7. The normalized spacial score (nSPS) is 12.1. The van der Waals surface area contributed by atoms with E-state index in [2.05, 4.69) is 10.1 Å². The van der Waals surface area contributed by atoms with Gasteiger partial charge in [0.2, 0.25) is 0 Å². The fourth-order valence-electron chi connectivity index (χ4n) is 2.58. The summed E-state index contributed by atoms with van der Waals surface area (Å²) in [7, 11) is 0. The van der Waals surface area contributed by atoms with Gasteiger partial charge in [0.1, 0.15) is 24.2 Å². The number of ether oxygens (including phenoxy) is 1. The summed E-state index contributed by atoms with van der Waals surface area (Å²) >= 11 is 12.4. The van der Waals surface area contributed by atoms with Gasteiger partial charge in [0.15, 0.2) is 0 Å². The number of hydrogen-bond acceptors (Lipinski definition) is 3. The molecular weight excluding hydrogens is 364 g/mol. The molecule has 0 amide bonds. The molecule has 2 aromatic carbocycles. The second kappa shape index (κ2) is 8.32. The molecule has 0 radical (unpaired) electrons. The molecule has 0 spiro atoms. The third-order valence-corrected chi connectivity index (χ3v) is 4.39. The number of halogens is 3. The maximum Gasteiger partial charge on any atom is 0.137 e. The minimum atomic E-state index is -0.288. The van der Waals surface area contributed by atoms with Crippen LogP contribution in [0, 0.1) is 5.82 Å². The fourth-order valence-corrected chi connectivity index (χ4v) is 3.14. The molecule has 4 nitrogen and oxygen atoms in total. The van der Waals surface area contributed by atoms with E-state index in [9.17, 15) is 4.39 Å². The Kier molecular flexibility index (Phi) is 5.89. The Hall–Kier alpha value is -2.11. The van der Waals surface area contributed by atoms with Crippen LogP contribution < -0.4 is 4.74 Å². The van der Waals surface area contributed by atoms with Crippen molar-refractivity contribution in [3.8, 4) is 5.75 Å². The highest BCUT2D eigenvalue weighted by molar-refractivity contribution is 6.35. The van der Waals surface area contributed by atoms with Gasteiger partial charge in [-0.25, -0.2) is 9.37 Å². The maximum absolute atomic E-state index is 13.0. The molecule has 1 unspecified atom stereocenters. The molecule has 1 aromatic heterocycles. The van der Waals surface area contributed by atoms with Crippen LogP contribution in [0.5, 0.6) is 5.75 Å². The molecule has 0 fully saturated rings. The number of benzene rings is 2. The number of nitrogens with zero attached hydrogens (tertiary/aromatic N) is 3. The molecule has 3 aromatic rings. The van der Waals surface area contributed by atoms with E-state index in [0.29, 0.717) is 35.4 Å². The number of hydrogen-bond donors (Lipinski definition) is 0. The molecule has 0 aliphatic rings. The van der Waals surface area contributed by atoms with Crippen LogP contribution in [-0.4, -0.2) is 21.4 Å². The average Bonchev–Trinajstić information content (AvgIpc) is 3.09. The summed E-state index contributed by atoms with van der Waals surface area (Å²) < 4.78 is 20.4. The van der Waals surface area contributed by atoms with Gasteiger partial charge in [0.25, 0.3) is 0 Å². The Morgan fingerprint density at radius 1 is 1.12 bits per heavy atom. The van der Waals surface area contributed by atoms with Gasteiger partial charge in [0.05, 0.1) is 6.61 Å². The van der Waals surface area contributed by atoms with Gasteiger partial charge in [-0.1, -0.05) is 29.3 Å². The lowest BCUT2D eigenvalue weighted by Gasteiger charge is -2.19. The summed E-state index contributed by atoms with van der Waals surface area (Å²) in [5.41, 5.74) is 0.976. The summed E-state index contributed by atoms with van der Waals surface area (Å²) in [6.07, 6.45) is 3.87. The maximum atomic E-state index is 13.0. The summed E-state index contributed by atoms with van der Waals surface area (Å²) in [6, 6.07) is 11.4. The van der Waals surface area contributed by atoms with Gasteiger partial charge in [0, 0.05) is 22.5 Å². The molecule has 3 rings (SSSR count). The van der Waals surface area contributed by atoms with Crippen LogP contribution in [-0.2, 0) is 6.54 Å². The highest BCUT2D eigenvalue weighted by Gasteiger charge is 2.17. The Balaban J connectivity index is 1.70. The summed E-state index contributed by atoms with van der Waals surface area (Å²) in [6.45, 7) is 1.08. The molecule has 0 aliphatic carbocycles. The molecule has 25 heavy (non-hydrogen) atoms. The smallest absolute Gasteiger partial charge is 0.137 e. The minimum absolute atomic E-state index is 0.0758. The number of aromatic nitrogens is 3. The first-order chi connectivity index (χ1) is 12.1. The largest absolute Gasteiger partial charge is 0.494 e. The van der Waals surface area contributed by atoms with Crippen molar-refractivity contribution in [2.24, 2.45) is 0 Å². The molecule has 1 atom stereocenters. The first-order valence-electron chi connectivity index (χ1n) is 7.77. The van der Waals surface area contributed by atoms with Crippen LogP contribution in [0.15, 0.2) is 55.1 Å². The van der Waals surface area contributed by atoms with E-state index < -0.39 is 0 Å². The summed E-state index contributed by atoms with van der Waals surface area (Å²) in [5, 5.41) is 5.36. The lowest BCUT2D eigenvalue weighted by molar-refractivity contribution is 0.288. The van der Waals surface area contributed by atoms with Crippen molar-refractivity contribution in [1.82, 2.24) is 14.8 Å². The predicted octanol–water partition coefficient (Wildman–Crippen LogP) is 4.98. The predicted molar refractivity (Wildman–Crippen MR) is 95.7 cm³/mol. The third-order valence-electron chi connectivity index (χ3n) is 3.83. The first kappa shape index (κ1) is 17.7. The Morgan fingerprint density at radius 2 is 1.92 bits per heavy atom. The van der Waals surface area contributed by atoms with Gasteiger partial charge >= 0.3 is 0 Å². The van der Waals surface area contributed by atoms with Gasteiger partial charge < -0.3 is 4.74 Å².